The number of aromatic nitrogens is 3. The van der Waals surface area contributed by atoms with E-state index in [0.29, 0.717) is 17.9 Å². The van der Waals surface area contributed by atoms with Crippen LogP contribution < -0.4 is 0 Å². The van der Waals surface area contributed by atoms with E-state index in [1.165, 1.54) is 18.6 Å². The molecule has 1 aliphatic heterocycles. The molecule has 2 aromatic rings. The van der Waals surface area contributed by atoms with Crippen molar-refractivity contribution in [2.75, 3.05) is 0 Å². The first-order valence-corrected chi connectivity index (χ1v) is 6.64. The summed E-state index contributed by atoms with van der Waals surface area (Å²) in [6, 6.07) is 6.72. The summed E-state index contributed by atoms with van der Waals surface area (Å²) >= 11 is 0. The second kappa shape index (κ2) is 4.13. The molecule has 0 radical (unpaired) electrons. The number of halogens is 1. The van der Waals surface area contributed by atoms with Gasteiger partial charge in [0.25, 0.3) is 0 Å². The number of rotatable bonds is 2. The summed E-state index contributed by atoms with van der Waals surface area (Å²) in [7, 11) is 0. The molecular weight excluding hydrogens is 245 g/mol. The molecule has 2 aliphatic rings. The van der Waals surface area contributed by atoms with Crippen molar-refractivity contribution in [3.8, 4) is 11.3 Å². The van der Waals surface area contributed by atoms with Gasteiger partial charge in [-0.2, -0.15) is 0 Å². The minimum absolute atomic E-state index is 0.254. The van der Waals surface area contributed by atoms with E-state index in [0.717, 1.165) is 18.4 Å². The van der Waals surface area contributed by atoms with Gasteiger partial charge in [-0.1, -0.05) is 17.3 Å². The van der Waals surface area contributed by atoms with E-state index < -0.39 is 0 Å². The van der Waals surface area contributed by atoms with Gasteiger partial charge in [0.05, 0.1) is 18.3 Å². The third-order valence-corrected chi connectivity index (χ3v) is 3.96. The minimum Gasteiger partial charge on any atom is -0.367 e. The quantitative estimate of drug-likeness (QED) is 0.778. The Morgan fingerprint density at radius 3 is 3.16 bits per heavy atom. The lowest BCUT2D eigenvalue weighted by atomic mass is 9.96. The van der Waals surface area contributed by atoms with E-state index >= 15 is 0 Å². The molecule has 98 valence electrons. The average molecular weight is 259 g/mol. The fourth-order valence-corrected chi connectivity index (χ4v) is 2.92. The van der Waals surface area contributed by atoms with Crippen molar-refractivity contribution < 1.29 is 9.13 Å². The molecular formula is C14H14FN3O. The topological polar surface area (TPSA) is 43.2 Å². The molecule has 1 saturated heterocycles. The molecule has 3 atom stereocenters. The first kappa shape index (κ1) is 11.1. The normalized spacial score (nSPS) is 29.0. The number of ether oxygens (including phenoxy) is 1. The third-order valence-electron chi connectivity index (χ3n) is 3.96. The Hall–Kier alpha value is -1.75. The maximum atomic E-state index is 13.2. The molecule has 1 aromatic carbocycles. The van der Waals surface area contributed by atoms with Crippen LogP contribution in [0.1, 0.15) is 25.3 Å². The van der Waals surface area contributed by atoms with Gasteiger partial charge in [0.1, 0.15) is 17.6 Å². The zero-order valence-electron chi connectivity index (χ0n) is 10.4. The molecule has 2 heterocycles. The lowest BCUT2D eigenvalue weighted by molar-refractivity contribution is 0.300. The van der Waals surface area contributed by atoms with Gasteiger partial charge in [0.2, 0.25) is 0 Å². The minimum atomic E-state index is -0.254. The van der Waals surface area contributed by atoms with Crippen LogP contribution in [0.25, 0.3) is 11.3 Å². The van der Waals surface area contributed by atoms with Gasteiger partial charge in [0.15, 0.2) is 0 Å². The van der Waals surface area contributed by atoms with Gasteiger partial charge in [-0.3, -0.25) is 0 Å². The maximum Gasteiger partial charge on any atom is 0.123 e. The Kier molecular flexibility index (Phi) is 2.41. The standard InChI is InChI=1S/C14H14FN3O/c15-10-4-1-3-9(7-10)11-8-18(17-16-11)12-5-2-6-13-14(12)19-13/h1,3-4,7-8,12-14H,2,5-6H2/t12-,13-,14+/m1/s1. The summed E-state index contributed by atoms with van der Waals surface area (Å²) in [6.45, 7) is 0. The van der Waals surface area contributed by atoms with Crippen molar-refractivity contribution in [1.29, 1.82) is 0 Å². The highest BCUT2D eigenvalue weighted by molar-refractivity contribution is 5.57. The average Bonchev–Trinajstić information content (AvgIpc) is 3.06. The molecule has 1 aliphatic carbocycles. The largest absolute Gasteiger partial charge is 0.367 e. The van der Waals surface area contributed by atoms with E-state index in [4.69, 9.17) is 4.74 Å². The highest BCUT2D eigenvalue weighted by Gasteiger charge is 2.48. The fourth-order valence-electron chi connectivity index (χ4n) is 2.92. The van der Waals surface area contributed by atoms with Crippen molar-refractivity contribution >= 4 is 0 Å². The number of benzene rings is 1. The summed E-state index contributed by atoms with van der Waals surface area (Å²) in [6.07, 6.45) is 6.01. The molecule has 1 saturated carbocycles. The predicted molar refractivity (Wildman–Crippen MR) is 67.0 cm³/mol. The molecule has 4 nitrogen and oxygen atoms in total. The molecule has 0 bridgehead atoms. The molecule has 2 fully saturated rings. The molecule has 5 heteroatoms. The highest BCUT2D eigenvalue weighted by atomic mass is 19.1. The monoisotopic (exact) mass is 259 g/mol. The van der Waals surface area contributed by atoms with Gasteiger partial charge in [-0.05, 0) is 31.4 Å². The molecule has 4 rings (SSSR count). The van der Waals surface area contributed by atoms with E-state index in [1.54, 1.807) is 6.07 Å². The fraction of sp³-hybridized carbons (Fsp3) is 0.429. The van der Waals surface area contributed by atoms with Crippen molar-refractivity contribution in [2.24, 2.45) is 0 Å². The van der Waals surface area contributed by atoms with E-state index in [2.05, 4.69) is 10.3 Å². The van der Waals surface area contributed by atoms with Gasteiger partial charge in [-0.15, -0.1) is 5.10 Å². The van der Waals surface area contributed by atoms with Crippen LogP contribution in [0, 0.1) is 5.82 Å². The molecule has 0 N–H and O–H groups in total. The lowest BCUT2D eigenvalue weighted by Crippen LogP contribution is -2.21. The highest BCUT2D eigenvalue weighted by Crippen LogP contribution is 2.43. The van der Waals surface area contributed by atoms with Crippen LogP contribution in [0.4, 0.5) is 4.39 Å². The Labute approximate surface area is 110 Å². The molecule has 0 unspecified atom stereocenters. The summed E-state index contributed by atoms with van der Waals surface area (Å²) < 4.78 is 20.7. The summed E-state index contributed by atoms with van der Waals surface area (Å²) in [4.78, 5) is 0. The van der Waals surface area contributed by atoms with Crippen molar-refractivity contribution in [3.05, 3.63) is 36.3 Å². The van der Waals surface area contributed by atoms with Gasteiger partial charge in [-0.25, -0.2) is 9.07 Å². The summed E-state index contributed by atoms with van der Waals surface area (Å²) in [5.74, 6) is -0.254. The molecule has 1 aromatic heterocycles. The first-order chi connectivity index (χ1) is 9.31. The van der Waals surface area contributed by atoms with Crippen LogP contribution in [0.15, 0.2) is 30.5 Å². The van der Waals surface area contributed by atoms with Crippen LogP contribution in [0.3, 0.4) is 0 Å². The zero-order chi connectivity index (χ0) is 12.8. The number of hydrogen-bond acceptors (Lipinski definition) is 3. The number of epoxide rings is 1. The number of fused-ring (bicyclic) bond motifs is 1. The Morgan fingerprint density at radius 2 is 2.26 bits per heavy atom. The zero-order valence-corrected chi connectivity index (χ0v) is 10.4. The molecule has 19 heavy (non-hydrogen) atoms. The van der Waals surface area contributed by atoms with Gasteiger partial charge < -0.3 is 4.74 Å². The van der Waals surface area contributed by atoms with Gasteiger partial charge >= 0.3 is 0 Å². The van der Waals surface area contributed by atoms with Crippen LogP contribution in [-0.2, 0) is 4.74 Å². The second-order valence-electron chi connectivity index (χ2n) is 5.23. The van der Waals surface area contributed by atoms with E-state index in [-0.39, 0.29) is 11.9 Å². The number of hydrogen-bond donors (Lipinski definition) is 0. The number of nitrogens with zero attached hydrogens (tertiary/aromatic N) is 3. The smallest absolute Gasteiger partial charge is 0.123 e. The second-order valence-corrected chi connectivity index (χ2v) is 5.23. The third kappa shape index (κ3) is 1.94. The Balaban J connectivity index is 1.62. The van der Waals surface area contributed by atoms with Crippen LogP contribution >= 0.6 is 0 Å². The van der Waals surface area contributed by atoms with E-state index in [1.807, 2.05) is 16.9 Å². The van der Waals surface area contributed by atoms with Crippen LogP contribution in [0.2, 0.25) is 0 Å². The van der Waals surface area contributed by atoms with Crippen LogP contribution in [-0.4, -0.2) is 27.2 Å². The van der Waals surface area contributed by atoms with Crippen molar-refractivity contribution in [3.63, 3.8) is 0 Å². The Morgan fingerprint density at radius 1 is 1.32 bits per heavy atom. The predicted octanol–water partition coefficient (Wildman–Crippen LogP) is 2.58. The molecule has 0 spiro atoms. The summed E-state index contributed by atoms with van der Waals surface area (Å²) in [5.41, 5.74) is 1.47. The Bertz CT molecular complexity index is 612. The maximum absolute atomic E-state index is 13.2. The van der Waals surface area contributed by atoms with Crippen molar-refractivity contribution in [2.45, 2.75) is 37.5 Å². The molecule has 0 amide bonds. The van der Waals surface area contributed by atoms with Gasteiger partial charge in [0, 0.05) is 5.56 Å². The van der Waals surface area contributed by atoms with E-state index in [9.17, 15) is 4.39 Å². The summed E-state index contributed by atoms with van der Waals surface area (Å²) in [5, 5.41) is 8.33. The van der Waals surface area contributed by atoms with Crippen molar-refractivity contribution in [1.82, 2.24) is 15.0 Å². The SMILES string of the molecule is Fc1cccc(-c2cn([C@@H]3CCC[C@H]4O[C@@H]34)nn2)c1. The van der Waals surface area contributed by atoms with Crippen LogP contribution in [0.5, 0.6) is 0 Å². The first-order valence-electron chi connectivity index (χ1n) is 6.64. The lowest BCUT2D eigenvalue weighted by Gasteiger charge is -2.17.